The van der Waals surface area contributed by atoms with Crippen molar-refractivity contribution in [2.45, 2.75) is 32.7 Å². The highest BCUT2D eigenvalue weighted by Gasteiger charge is 2.01. The Hall–Kier alpha value is -0.220. The Morgan fingerprint density at radius 3 is 2.79 bits per heavy atom. The van der Waals surface area contributed by atoms with E-state index >= 15 is 0 Å². The van der Waals surface area contributed by atoms with E-state index in [9.17, 15) is 4.79 Å². The fourth-order valence-electron chi connectivity index (χ4n) is 1.08. The van der Waals surface area contributed by atoms with Gasteiger partial charge in [-0.25, -0.2) is 0 Å². The molecule has 84 valence electrons. The first-order chi connectivity index (χ1) is 6.70. The van der Waals surface area contributed by atoms with Gasteiger partial charge in [0, 0.05) is 25.3 Å². The van der Waals surface area contributed by atoms with Crippen LogP contribution in [-0.4, -0.2) is 37.0 Å². The van der Waals surface area contributed by atoms with Crippen molar-refractivity contribution in [2.75, 3.05) is 25.1 Å². The SMILES string of the molecule is CCSCC(C)NCCCC(=O)NC. The second-order valence-electron chi connectivity index (χ2n) is 3.29. The molecule has 1 amide bonds. The quantitative estimate of drug-likeness (QED) is 0.602. The minimum atomic E-state index is 0.127. The zero-order chi connectivity index (χ0) is 10.8. The summed E-state index contributed by atoms with van der Waals surface area (Å²) < 4.78 is 0. The Morgan fingerprint density at radius 1 is 1.50 bits per heavy atom. The third kappa shape index (κ3) is 8.38. The average Bonchev–Trinajstić information content (AvgIpc) is 2.21. The largest absolute Gasteiger partial charge is 0.359 e. The molecule has 2 N–H and O–H groups in total. The Morgan fingerprint density at radius 2 is 2.21 bits per heavy atom. The Bertz CT molecular complexity index is 153. The maximum absolute atomic E-state index is 10.9. The molecule has 3 nitrogen and oxygen atoms in total. The van der Waals surface area contributed by atoms with Crippen molar-refractivity contribution in [2.24, 2.45) is 0 Å². The molecule has 1 atom stereocenters. The molecule has 0 saturated heterocycles. The highest BCUT2D eigenvalue weighted by Crippen LogP contribution is 2.01. The molecule has 0 aliphatic rings. The van der Waals surface area contributed by atoms with Gasteiger partial charge in [0.1, 0.15) is 0 Å². The summed E-state index contributed by atoms with van der Waals surface area (Å²) in [5.41, 5.74) is 0. The number of thioether (sulfide) groups is 1. The molecule has 0 fully saturated rings. The predicted octanol–water partition coefficient (Wildman–Crippen LogP) is 1.24. The van der Waals surface area contributed by atoms with E-state index in [-0.39, 0.29) is 5.91 Å². The molecule has 0 aliphatic carbocycles. The molecule has 0 saturated carbocycles. The number of hydrogen-bond acceptors (Lipinski definition) is 3. The van der Waals surface area contributed by atoms with Crippen LogP contribution in [0.15, 0.2) is 0 Å². The van der Waals surface area contributed by atoms with E-state index < -0.39 is 0 Å². The van der Waals surface area contributed by atoms with Crippen molar-refractivity contribution in [1.29, 1.82) is 0 Å². The number of carbonyl (C=O) groups is 1. The number of amides is 1. The van der Waals surface area contributed by atoms with Crippen LogP contribution in [0.25, 0.3) is 0 Å². The molecule has 0 spiro atoms. The first kappa shape index (κ1) is 13.8. The number of rotatable bonds is 8. The Balaban J connectivity index is 3.22. The normalized spacial score (nSPS) is 12.5. The van der Waals surface area contributed by atoms with Crippen molar-refractivity contribution in [3.8, 4) is 0 Å². The summed E-state index contributed by atoms with van der Waals surface area (Å²) in [4.78, 5) is 10.9. The summed E-state index contributed by atoms with van der Waals surface area (Å²) in [5.74, 6) is 2.45. The van der Waals surface area contributed by atoms with Crippen molar-refractivity contribution >= 4 is 17.7 Å². The van der Waals surface area contributed by atoms with Crippen LogP contribution in [0.1, 0.15) is 26.7 Å². The van der Waals surface area contributed by atoms with Crippen molar-refractivity contribution < 1.29 is 4.79 Å². The molecule has 0 bridgehead atoms. The van der Waals surface area contributed by atoms with Gasteiger partial charge in [-0.2, -0.15) is 11.8 Å². The second-order valence-corrected chi connectivity index (χ2v) is 4.61. The minimum absolute atomic E-state index is 0.127. The Labute approximate surface area is 91.4 Å². The lowest BCUT2D eigenvalue weighted by Crippen LogP contribution is -2.30. The van der Waals surface area contributed by atoms with Gasteiger partial charge in [0.15, 0.2) is 0 Å². The maximum atomic E-state index is 10.9. The lowest BCUT2D eigenvalue weighted by molar-refractivity contribution is -0.120. The van der Waals surface area contributed by atoms with Crippen LogP contribution in [0.4, 0.5) is 0 Å². The maximum Gasteiger partial charge on any atom is 0.219 e. The van der Waals surface area contributed by atoms with Gasteiger partial charge in [0.2, 0.25) is 5.91 Å². The van der Waals surface area contributed by atoms with Crippen LogP contribution < -0.4 is 10.6 Å². The standard InChI is InChI=1S/C10H22N2OS/c1-4-14-8-9(2)12-7-5-6-10(13)11-3/h9,12H,4-8H2,1-3H3,(H,11,13). The zero-order valence-corrected chi connectivity index (χ0v) is 10.2. The van der Waals surface area contributed by atoms with E-state index in [0.717, 1.165) is 18.7 Å². The van der Waals surface area contributed by atoms with Gasteiger partial charge >= 0.3 is 0 Å². The molecular formula is C10H22N2OS. The second kappa shape index (κ2) is 9.34. The van der Waals surface area contributed by atoms with E-state index in [1.807, 2.05) is 11.8 Å². The summed E-state index contributed by atoms with van der Waals surface area (Å²) in [6.07, 6.45) is 1.54. The smallest absolute Gasteiger partial charge is 0.219 e. The molecule has 4 heteroatoms. The summed E-state index contributed by atoms with van der Waals surface area (Å²) in [6, 6.07) is 0.546. The number of nitrogens with one attached hydrogen (secondary N) is 2. The highest BCUT2D eigenvalue weighted by atomic mass is 32.2. The van der Waals surface area contributed by atoms with E-state index in [1.54, 1.807) is 7.05 Å². The number of hydrogen-bond donors (Lipinski definition) is 2. The van der Waals surface area contributed by atoms with E-state index in [2.05, 4.69) is 24.5 Å². The van der Waals surface area contributed by atoms with Gasteiger partial charge in [-0.15, -0.1) is 0 Å². The summed E-state index contributed by atoms with van der Waals surface area (Å²) in [5, 5.41) is 6.01. The van der Waals surface area contributed by atoms with Crippen molar-refractivity contribution in [3.05, 3.63) is 0 Å². The van der Waals surface area contributed by atoms with Crippen LogP contribution >= 0.6 is 11.8 Å². The molecule has 0 aromatic carbocycles. The summed E-state index contributed by atoms with van der Waals surface area (Å²) in [6.45, 7) is 5.28. The van der Waals surface area contributed by atoms with Crippen LogP contribution in [0, 0.1) is 0 Å². The molecule has 0 aromatic rings. The van der Waals surface area contributed by atoms with E-state index in [1.165, 1.54) is 5.75 Å². The first-order valence-corrected chi connectivity index (χ1v) is 6.37. The third-order valence-electron chi connectivity index (χ3n) is 1.92. The molecule has 14 heavy (non-hydrogen) atoms. The molecule has 0 rings (SSSR count). The molecule has 0 aliphatic heterocycles. The third-order valence-corrected chi connectivity index (χ3v) is 3.07. The van der Waals surface area contributed by atoms with Crippen LogP contribution in [0.3, 0.4) is 0 Å². The van der Waals surface area contributed by atoms with Gasteiger partial charge in [0.05, 0.1) is 0 Å². The van der Waals surface area contributed by atoms with Crippen molar-refractivity contribution in [1.82, 2.24) is 10.6 Å². The van der Waals surface area contributed by atoms with Crippen LogP contribution in [0.5, 0.6) is 0 Å². The van der Waals surface area contributed by atoms with Crippen LogP contribution in [0.2, 0.25) is 0 Å². The molecular weight excluding hydrogens is 196 g/mol. The fraction of sp³-hybridized carbons (Fsp3) is 0.900. The van der Waals surface area contributed by atoms with Gasteiger partial charge in [-0.05, 0) is 25.6 Å². The van der Waals surface area contributed by atoms with Gasteiger partial charge in [-0.1, -0.05) is 6.92 Å². The predicted molar refractivity (Wildman–Crippen MR) is 63.8 cm³/mol. The first-order valence-electron chi connectivity index (χ1n) is 5.22. The van der Waals surface area contributed by atoms with Gasteiger partial charge < -0.3 is 10.6 Å². The molecule has 0 aromatic heterocycles. The highest BCUT2D eigenvalue weighted by molar-refractivity contribution is 7.99. The van der Waals surface area contributed by atoms with Crippen molar-refractivity contribution in [3.63, 3.8) is 0 Å². The summed E-state index contributed by atoms with van der Waals surface area (Å²) >= 11 is 1.94. The molecule has 0 radical (unpaired) electrons. The van der Waals surface area contributed by atoms with Crippen LogP contribution in [-0.2, 0) is 4.79 Å². The lowest BCUT2D eigenvalue weighted by Gasteiger charge is -2.12. The van der Waals surface area contributed by atoms with E-state index in [0.29, 0.717) is 12.5 Å². The van der Waals surface area contributed by atoms with Gasteiger partial charge in [0.25, 0.3) is 0 Å². The average molecular weight is 218 g/mol. The fourth-order valence-corrected chi connectivity index (χ4v) is 1.78. The monoisotopic (exact) mass is 218 g/mol. The minimum Gasteiger partial charge on any atom is -0.359 e. The topological polar surface area (TPSA) is 41.1 Å². The zero-order valence-electron chi connectivity index (χ0n) is 9.43. The van der Waals surface area contributed by atoms with Gasteiger partial charge in [-0.3, -0.25) is 4.79 Å². The lowest BCUT2D eigenvalue weighted by atomic mass is 10.3. The summed E-state index contributed by atoms with van der Waals surface area (Å²) in [7, 11) is 1.68. The Kier molecular flexibility index (Phi) is 9.19. The van der Waals surface area contributed by atoms with E-state index in [4.69, 9.17) is 0 Å². The molecule has 1 unspecified atom stereocenters. The molecule has 0 heterocycles. The number of carbonyl (C=O) groups excluding carboxylic acids is 1.